The number of likely N-dealkylation sites (tertiary alicyclic amines) is 1. The molecule has 0 atom stereocenters. The largest absolute Gasteiger partial charge is 0.396 e. The normalized spacial score (nSPS) is 17.1. The Morgan fingerprint density at radius 2 is 1.90 bits per heavy atom. The third kappa shape index (κ3) is 4.62. The zero-order chi connectivity index (χ0) is 14.2. The van der Waals surface area contributed by atoms with Crippen LogP contribution in [0.3, 0.4) is 0 Å². The molecule has 0 bridgehead atoms. The molecule has 1 amide bonds. The van der Waals surface area contributed by atoms with E-state index in [1.165, 1.54) is 0 Å². The van der Waals surface area contributed by atoms with Crippen LogP contribution in [-0.4, -0.2) is 42.2 Å². The number of amides is 1. The smallest absolute Gasteiger partial charge is 0.227 e. The highest BCUT2D eigenvalue weighted by atomic mass is 16.2. The first kappa shape index (κ1) is 15.0. The van der Waals surface area contributed by atoms with Crippen molar-refractivity contribution in [1.82, 2.24) is 4.90 Å². The number of hydrogen-bond donors (Lipinski definition) is 2. The summed E-state index contributed by atoms with van der Waals surface area (Å²) < 4.78 is 0. The van der Waals surface area contributed by atoms with E-state index in [-0.39, 0.29) is 18.4 Å². The molecular formula is C16H24N2O2. The summed E-state index contributed by atoms with van der Waals surface area (Å²) in [6.07, 6.45) is 3.77. The molecule has 0 radical (unpaired) electrons. The van der Waals surface area contributed by atoms with Gasteiger partial charge >= 0.3 is 0 Å². The van der Waals surface area contributed by atoms with Crippen LogP contribution in [0.25, 0.3) is 0 Å². The van der Waals surface area contributed by atoms with E-state index in [9.17, 15) is 4.79 Å². The quantitative estimate of drug-likeness (QED) is 0.782. The fraction of sp³-hybridized carbons (Fsp3) is 0.562. The molecule has 0 saturated carbocycles. The van der Waals surface area contributed by atoms with Gasteiger partial charge in [-0.3, -0.25) is 4.79 Å². The first-order valence-electron chi connectivity index (χ1n) is 7.48. The third-order valence-electron chi connectivity index (χ3n) is 3.88. The number of rotatable bonds is 6. The summed E-state index contributed by atoms with van der Waals surface area (Å²) in [5.74, 6) is 0.274. The van der Waals surface area contributed by atoms with Crippen LogP contribution in [0.15, 0.2) is 30.3 Å². The van der Waals surface area contributed by atoms with E-state index in [1.54, 1.807) is 0 Å². The molecule has 1 aromatic carbocycles. The summed E-state index contributed by atoms with van der Waals surface area (Å²) >= 11 is 0. The van der Waals surface area contributed by atoms with Crippen LogP contribution < -0.4 is 5.32 Å². The average molecular weight is 276 g/mol. The predicted octanol–water partition coefficient (Wildman–Crippen LogP) is 2.11. The molecule has 0 aliphatic carbocycles. The Labute approximate surface area is 120 Å². The number of hydrogen-bond acceptors (Lipinski definition) is 3. The van der Waals surface area contributed by atoms with Gasteiger partial charge in [0.2, 0.25) is 5.91 Å². The van der Waals surface area contributed by atoms with Crippen molar-refractivity contribution in [2.75, 3.05) is 31.6 Å². The van der Waals surface area contributed by atoms with Gasteiger partial charge in [-0.05, 0) is 57.5 Å². The zero-order valence-electron chi connectivity index (χ0n) is 11.9. The van der Waals surface area contributed by atoms with Gasteiger partial charge in [-0.1, -0.05) is 18.2 Å². The fourth-order valence-electron chi connectivity index (χ4n) is 2.63. The lowest BCUT2D eigenvalue weighted by Crippen LogP contribution is -2.38. The predicted molar refractivity (Wildman–Crippen MR) is 80.6 cm³/mol. The molecule has 2 N–H and O–H groups in total. The van der Waals surface area contributed by atoms with E-state index >= 15 is 0 Å². The first-order chi connectivity index (χ1) is 9.79. The van der Waals surface area contributed by atoms with Gasteiger partial charge in [-0.2, -0.15) is 0 Å². The van der Waals surface area contributed by atoms with E-state index in [0.29, 0.717) is 0 Å². The number of anilines is 1. The van der Waals surface area contributed by atoms with Crippen LogP contribution in [0.4, 0.5) is 5.69 Å². The summed E-state index contributed by atoms with van der Waals surface area (Å²) in [6, 6.07) is 9.64. The van der Waals surface area contributed by atoms with Crippen molar-refractivity contribution in [2.24, 2.45) is 5.92 Å². The second-order valence-electron chi connectivity index (χ2n) is 5.40. The number of carbonyl (C=O) groups excluding carboxylic acids is 1. The Balaban J connectivity index is 1.72. The maximum Gasteiger partial charge on any atom is 0.227 e. The van der Waals surface area contributed by atoms with Gasteiger partial charge in [-0.15, -0.1) is 0 Å². The van der Waals surface area contributed by atoms with Crippen molar-refractivity contribution >= 4 is 11.6 Å². The molecule has 0 aromatic heterocycles. The minimum absolute atomic E-state index is 0.129. The van der Waals surface area contributed by atoms with Crippen LogP contribution >= 0.6 is 0 Å². The molecule has 4 heteroatoms. The molecule has 1 aliphatic heterocycles. The van der Waals surface area contributed by atoms with Gasteiger partial charge < -0.3 is 15.3 Å². The molecule has 2 rings (SSSR count). The summed E-state index contributed by atoms with van der Waals surface area (Å²) in [5.41, 5.74) is 0.878. The van der Waals surface area contributed by atoms with Crippen LogP contribution in [0.1, 0.15) is 25.7 Å². The number of nitrogens with one attached hydrogen (secondary N) is 1. The fourth-order valence-corrected chi connectivity index (χ4v) is 2.63. The third-order valence-corrected chi connectivity index (χ3v) is 3.88. The lowest BCUT2D eigenvalue weighted by atomic mass is 9.95. The maximum absolute atomic E-state index is 12.2. The molecule has 1 fully saturated rings. The Morgan fingerprint density at radius 1 is 1.20 bits per heavy atom. The number of benzene rings is 1. The summed E-state index contributed by atoms with van der Waals surface area (Å²) in [7, 11) is 0. The van der Waals surface area contributed by atoms with Crippen LogP contribution in [0.2, 0.25) is 0 Å². The molecule has 110 valence electrons. The lowest BCUT2D eigenvalue weighted by molar-refractivity contribution is -0.121. The monoisotopic (exact) mass is 276 g/mol. The van der Waals surface area contributed by atoms with E-state index in [2.05, 4.69) is 10.2 Å². The number of nitrogens with zero attached hydrogens (tertiary/aromatic N) is 1. The molecule has 0 unspecified atom stereocenters. The van der Waals surface area contributed by atoms with Crippen LogP contribution in [0, 0.1) is 5.92 Å². The second kappa shape index (κ2) is 8.02. The number of aliphatic hydroxyl groups is 1. The Hall–Kier alpha value is -1.39. The van der Waals surface area contributed by atoms with Gasteiger partial charge in [0.15, 0.2) is 0 Å². The molecule has 0 spiro atoms. The molecule has 1 heterocycles. The highest BCUT2D eigenvalue weighted by molar-refractivity contribution is 5.92. The van der Waals surface area contributed by atoms with Crippen LogP contribution in [0.5, 0.6) is 0 Å². The Morgan fingerprint density at radius 3 is 2.55 bits per heavy atom. The molecule has 4 nitrogen and oxygen atoms in total. The molecule has 1 aromatic rings. The minimum Gasteiger partial charge on any atom is -0.396 e. The summed E-state index contributed by atoms with van der Waals surface area (Å²) in [4.78, 5) is 14.6. The summed E-state index contributed by atoms with van der Waals surface area (Å²) in [6.45, 7) is 3.28. The maximum atomic E-state index is 12.2. The number of unbranched alkanes of at least 4 members (excludes halogenated alkanes) is 1. The molecule has 20 heavy (non-hydrogen) atoms. The van der Waals surface area contributed by atoms with E-state index < -0.39 is 0 Å². The van der Waals surface area contributed by atoms with Crippen molar-refractivity contribution in [1.29, 1.82) is 0 Å². The molecule has 1 aliphatic rings. The van der Waals surface area contributed by atoms with Gasteiger partial charge in [0.05, 0.1) is 0 Å². The number of piperidine rings is 1. The SMILES string of the molecule is O=C(Nc1ccccc1)C1CCN(CCCCO)CC1. The van der Waals surface area contributed by atoms with E-state index in [4.69, 9.17) is 5.11 Å². The van der Waals surface area contributed by atoms with Gasteiger partial charge in [0, 0.05) is 18.2 Å². The standard InChI is InChI=1S/C16H24N2O2/c19-13-5-4-10-18-11-8-14(9-12-18)16(20)17-15-6-2-1-3-7-15/h1-3,6-7,14,19H,4-5,8-13H2,(H,17,20). The second-order valence-corrected chi connectivity index (χ2v) is 5.40. The topological polar surface area (TPSA) is 52.6 Å². The highest BCUT2D eigenvalue weighted by Gasteiger charge is 2.24. The number of aliphatic hydroxyl groups excluding tert-OH is 1. The number of carbonyl (C=O) groups is 1. The summed E-state index contributed by atoms with van der Waals surface area (Å²) in [5, 5.41) is 11.8. The molecule has 1 saturated heterocycles. The number of para-hydroxylation sites is 1. The van der Waals surface area contributed by atoms with Gasteiger partial charge in [0.25, 0.3) is 0 Å². The molecular weight excluding hydrogens is 252 g/mol. The van der Waals surface area contributed by atoms with Crippen molar-refractivity contribution in [2.45, 2.75) is 25.7 Å². The van der Waals surface area contributed by atoms with Crippen molar-refractivity contribution < 1.29 is 9.90 Å². The van der Waals surface area contributed by atoms with E-state index in [0.717, 1.165) is 51.0 Å². The average Bonchev–Trinajstić information content (AvgIpc) is 2.49. The lowest BCUT2D eigenvalue weighted by Gasteiger charge is -2.31. The van der Waals surface area contributed by atoms with Gasteiger partial charge in [-0.25, -0.2) is 0 Å². The highest BCUT2D eigenvalue weighted by Crippen LogP contribution is 2.19. The Bertz CT molecular complexity index is 400. The van der Waals surface area contributed by atoms with Crippen molar-refractivity contribution in [3.63, 3.8) is 0 Å². The zero-order valence-corrected chi connectivity index (χ0v) is 11.9. The van der Waals surface area contributed by atoms with E-state index in [1.807, 2.05) is 30.3 Å². The van der Waals surface area contributed by atoms with Crippen LogP contribution in [-0.2, 0) is 4.79 Å². The van der Waals surface area contributed by atoms with Gasteiger partial charge in [0.1, 0.15) is 0 Å². The van der Waals surface area contributed by atoms with Crippen molar-refractivity contribution in [3.8, 4) is 0 Å². The Kier molecular flexibility index (Phi) is 6.02. The van der Waals surface area contributed by atoms with Crippen molar-refractivity contribution in [3.05, 3.63) is 30.3 Å². The minimum atomic E-state index is 0.129. The first-order valence-corrected chi connectivity index (χ1v) is 7.48.